The molecule has 0 aromatic heterocycles. The van der Waals surface area contributed by atoms with Gasteiger partial charge in [-0.25, -0.2) is 0 Å². The van der Waals surface area contributed by atoms with Crippen molar-refractivity contribution in [1.82, 2.24) is 4.90 Å². The first-order valence-corrected chi connectivity index (χ1v) is 6.89. The Labute approximate surface area is 121 Å². The van der Waals surface area contributed by atoms with E-state index in [-0.39, 0.29) is 18.2 Å². The second kappa shape index (κ2) is 6.05. The molecular weight excluding hydrogens is 283 g/mol. The average Bonchev–Trinajstić information content (AvgIpc) is 2.41. The molecule has 0 spiro atoms. The molecule has 1 fully saturated rings. The summed E-state index contributed by atoms with van der Waals surface area (Å²) in [4.78, 5) is 13.7. The van der Waals surface area contributed by atoms with E-state index in [0.29, 0.717) is 18.7 Å². The molecule has 6 heteroatoms. The van der Waals surface area contributed by atoms with Crippen molar-refractivity contribution in [2.45, 2.75) is 32.0 Å². The number of carbonyl (C=O) groups is 1. The van der Waals surface area contributed by atoms with Crippen LogP contribution in [0.5, 0.6) is 0 Å². The van der Waals surface area contributed by atoms with Gasteiger partial charge in [-0.2, -0.15) is 13.2 Å². The minimum absolute atomic E-state index is 0.0548. The Morgan fingerprint density at radius 3 is 2.48 bits per heavy atom. The first-order valence-electron chi connectivity index (χ1n) is 6.89. The largest absolute Gasteiger partial charge is 0.416 e. The molecule has 2 atom stereocenters. The maximum absolute atomic E-state index is 12.4. The van der Waals surface area contributed by atoms with Gasteiger partial charge in [0.25, 0.3) is 0 Å². The zero-order valence-electron chi connectivity index (χ0n) is 11.7. The fraction of sp³-hybridized carbons (Fsp3) is 0.533. The van der Waals surface area contributed by atoms with E-state index in [2.05, 4.69) is 0 Å². The molecule has 1 aromatic carbocycles. The Morgan fingerprint density at radius 2 is 1.95 bits per heavy atom. The van der Waals surface area contributed by atoms with E-state index < -0.39 is 17.8 Å². The van der Waals surface area contributed by atoms with Crippen LogP contribution in [0, 0.1) is 5.92 Å². The molecule has 3 nitrogen and oxygen atoms in total. The Balaban J connectivity index is 1.97. The van der Waals surface area contributed by atoms with Gasteiger partial charge in [0.2, 0.25) is 5.91 Å². The van der Waals surface area contributed by atoms with Gasteiger partial charge in [-0.15, -0.1) is 0 Å². The predicted molar refractivity (Wildman–Crippen MR) is 71.5 cm³/mol. The minimum Gasteiger partial charge on any atom is -0.391 e. The predicted octanol–water partition coefficient (Wildman–Crippen LogP) is 2.48. The Kier molecular flexibility index (Phi) is 4.56. The SMILES string of the molecule is CC1CCN(C(=O)Cc2ccc(C(F)(F)F)cc2)CC1O. The van der Waals surface area contributed by atoms with Gasteiger partial charge >= 0.3 is 6.18 Å². The van der Waals surface area contributed by atoms with Crippen LogP contribution in [0.3, 0.4) is 0 Å². The number of rotatable bonds is 2. The Morgan fingerprint density at radius 1 is 1.33 bits per heavy atom. The molecule has 21 heavy (non-hydrogen) atoms. The standard InChI is InChI=1S/C15H18F3NO2/c1-10-6-7-19(9-13(10)20)14(21)8-11-2-4-12(5-3-11)15(16,17)18/h2-5,10,13,20H,6-9H2,1H3. The number of alkyl halides is 3. The number of piperidine rings is 1. The van der Waals surface area contributed by atoms with Gasteiger partial charge < -0.3 is 10.0 Å². The van der Waals surface area contributed by atoms with E-state index >= 15 is 0 Å². The van der Waals surface area contributed by atoms with Crippen LogP contribution >= 0.6 is 0 Å². The normalized spacial score (nSPS) is 23.2. The number of β-amino-alcohol motifs (C(OH)–C–C–N with tert-alkyl or cyclic N) is 1. The molecule has 1 saturated heterocycles. The van der Waals surface area contributed by atoms with E-state index in [9.17, 15) is 23.1 Å². The smallest absolute Gasteiger partial charge is 0.391 e. The Bertz CT molecular complexity index is 499. The number of aliphatic hydroxyl groups excluding tert-OH is 1. The van der Waals surface area contributed by atoms with E-state index in [4.69, 9.17) is 0 Å². The summed E-state index contributed by atoms with van der Waals surface area (Å²) in [5.41, 5.74) is -0.179. The quantitative estimate of drug-likeness (QED) is 0.911. The monoisotopic (exact) mass is 301 g/mol. The zero-order chi connectivity index (χ0) is 15.6. The molecule has 1 amide bonds. The van der Waals surface area contributed by atoms with Crippen LogP contribution in [-0.4, -0.2) is 35.1 Å². The van der Waals surface area contributed by atoms with Crippen LogP contribution in [0.4, 0.5) is 13.2 Å². The summed E-state index contributed by atoms with van der Waals surface area (Å²) in [5, 5.41) is 9.77. The molecule has 1 heterocycles. The van der Waals surface area contributed by atoms with Crippen molar-refractivity contribution in [1.29, 1.82) is 0 Å². The summed E-state index contributed by atoms with van der Waals surface area (Å²) in [5.74, 6) is 0.000766. The molecule has 1 aromatic rings. The summed E-state index contributed by atoms with van der Waals surface area (Å²) in [7, 11) is 0. The highest BCUT2D eigenvalue weighted by molar-refractivity contribution is 5.79. The van der Waals surface area contributed by atoms with Crippen molar-refractivity contribution in [2.75, 3.05) is 13.1 Å². The third-order valence-electron chi connectivity index (χ3n) is 3.91. The van der Waals surface area contributed by atoms with Crippen molar-refractivity contribution in [2.24, 2.45) is 5.92 Å². The fourth-order valence-corrected chi connectivity index (χ4v) is 2.37. The van der Waals surface area contributed by atoms with Crippen LogP contribution in [0.1, 0.15) is 24.5 Å². The van der Waals surface area contributed by atoms with Crippen LogP contribution in [0.15, 0.2) is 24.3 Å². The van der Waals surface area contributed by atoms with Gasteiger partial charge in [0.1, 0.15) is 0 Å². The fourth-order valence-electron chi connectivity index (χ4n) is 2.37. The second-order valence-corrected chi connectivity index (χ2v) is 5.54. The molecule has 116 valence electrons. The average molecular weight is 301 g/mol. The van der Waals surface area contributed by atoms with E-state index in [1.807, 2.05) is 6.92 Å². The maximum Gasteiger partial charge on any atom is 0.416 e. The molecule has 1 aliphatic heterocycles. The highest BCUT2D eigenvalue weighted by atomic mass is 19.4. The number of halogens is 3. The van der Waals surface area contributed by atoms with Gasteiger partial charge in [0, 0.05) is 13.1 Å². The van der Waals surface area contributed by atoms with Gasteiger partial charge in [-0.3, -0.25) is 4.79 Å². The van der Waals surface area contributed by atoms with Crippen molar-refractivity contribution >= 4 is 5.91 Å². The summed E-state index contributed by atoms with van der Waals surface area (Å²) in [6, 6.07) is 4.61. The van der Waals surface area contributed by atoms with Gasteiger partial charge in [0.15, 0.2) is 0 Å². The van der Waals surface area contributed by atoms with Crippen molar-refractivity contribution < 1.29 is 23.1 Å². The van der Waals surface area contributed by atoms with Crippen molar-refractivity contribution in [3.05, 3.63) is 35.4 Å². The molecule has 2 unspecified atom stereocenters. The van der Waals surface area contributed by atoms with Crippen LogP contribution in [0.25, 0.3) is 0 Å². The summed E-state index contributed by atoms with van der Waals surface area (Å²) < 4.78 is 37.3. The third kappa shape index (κ3) is 3.97. The van der Waals surface area contributed by atoms with Gasteiger partial charge in [0.05, 0.1) is 18.1 Å². The van der Waals surface area contributed by atoms with Crippen molar-refractivity contribution in [3.63, 3.8) is 0 Å². The number of hydrogen-bond donors (Lipinski definition) is 1. The van der Waals surface area contributed by atoms with Crippen LogP contribution in [-0.2, 0) is 17.4 Å². The molecule has 0 saturated carbocycles. The minimum atomic E-state index is -4.37. The number of benzene rings is 1. The molecule has 1 aliphatic rings. The molecule has 0 aliphatic carbocycles. The lowest BCUT2D eigenvalue weighted by atomic mass is 9.95. The second-order valence-electron chi connectivity index (χ2n) is 5.54. The lowest BCUT2D eigenvalue weighted by Crippen LogP contribution is -2.46. The number of amides is 1. The van der Waals surface area contributed by atoms with Gasteiger partial charge in [-0.05, 0) is 30.0 Å². The topological polar surface area (TPSA) is 40.5 Å². The molecular formula is C15H18F3NO2. The number of likely N-dealkylation sites (tertiary alicyclic amines) is 1. The lowest BCUT2D eigenvalue weighted by Gasteiger charge is -2.34. The van der Waals surface area contributed by atoms with Crippen LogP contribution < -0.4 is 0 Å². The Hall–Kier alpha value is -1.56. The zero-order valence-corrected chi connectivity index (χ0v) is 11.7. The first-order chi connectivity index (χ1) is 9.77. The van der Waals surface area contributed by atoms with E-state index in [1.165, 1.54) is 12.1 Å². The summed E-state index contributed by atoms with van der Waals surface area (Å²) in [6.07, 6.45) is -4.11. The highest BCUT2D eigenvalue weighted by Gasteiger charge is 2.30. The first kappa shape index (κ1) is 15.8. The number of carbonyl (C=O) groups excluding carboxylic acids is 1. The lowest BCUT2D eigenvalue weighted by molar-refractivity contribution is -0.137. The van der Waals surface area contributed by atoms with Crippen LogP contribution in [0.2, 0.25) is 0 Å². The summed E-state index contributed by atoms with van der Waals surface area (Å²) >= 11 is 0. The third-order valence-corrected chi connectivity index (χ3v) is 3.91. The van der Waals surface area contributed by atoms with Crippen molar-refractivity contribution in [3.8, 4) is 0 Å². The summed E-state index contributed by atoms with van der Waals surface area (Å²) in [6.45, 7) is 2.81. The number of nitrogens with zero attached hydrogens (tertiary/aromatic N) is 1. The number of hydrogen-bond acceptors (Lipinski definition) is 2. The van der Waals surface area contributed by atoms with E-state index in [0.717, 1.165) is 18.6 Å². The van der Waals surface area contributed by atoms with Gasteiger partial charge in [-0.1, -0.05) is 19.1 Å². The molecule has 2 rings (SSSR count). The number of aliphatic hydroxyl groups is 1. The molecule has 0 bridgehead atoms. The molecule has 1 N–H and O–H groups in total. The van der Waals surface area contributed by atoms with E-state index in [1.54, 1.807) is 4.90 Å². The highest BCUT2D eigenvalue weighted by Crippen LogP contribution is 2.29. The maximum atomic E-state index is 12.4. The molecule has 0 radical (unpaired) electrons.